The van der Waals surface area contributed by atoms with E-state index in [9.17, 15) is 13.5 Å². The van der Waals surface area contributed by atoms with Gasteiger partial charge in [-0.05, 0) is 54.5 Å². The molecule has 3 aromatic rings. The quantitative estimate of drug-likeness (QED) is 0.704. The van der Waals surface area contributed by atoms with Gasteiger partial charge < -0.3 is 9.52 Å². The van der Waals surface area contributed by atoms with E-state index in [-0.39, 0.29) is 23.4 Å². The number of furan rings is 1. The summed E-state index contributed by atoms with van der Waals surface area (Å²) in [6, 6.07) is 9.40. The van der Waals surface area contributed by atoms with Crippen LogP contribution < -0.4 is 0 Å². The number of benzene rings is 1. The Bertz CT molecular complexity index is 1050. The highest BCUT2D eigenvalue weighted by Crippen LogP contribution is 2.30. The topological polar surface area (TPSA) is 85.3 Å². The second-order valence-electron chi connectivity index (χ2n) is 7.19. The fraction of sp³-hybridized carbons (Fsp3) is 0.350. The summed E-state index contributed by atoms with van der Waals surface area (Å²) in [6.07, 6.45) is 4.78. The van der Waals surface area contributed by atoms with E-state index in [1.54, 1.807) is 6.07 Å². The number of hydrogen-bond acceptors (Lipinski definition) is 5. The number of nitrogens with zero attached hydrogens (tertiary/aromatic N) is 2. The Hall–Kier alpha value is -2.38. The molecule has 4 rings (SSSR count). The number of aliphatic hydroxyl groups excluding tert-OH is 1. The molecule has 2 aromatic heterocycles. The number of aryl methyl sites for hydroxylation is 1. The summed E-state index contributed by atoms with van der Waals surface area (Å²) >= 11 is 0. The molecule has 0 amide bonds. The standard InChI is InChI=1S/C20H22N2O4S/c1-14-19(12-23)11-22(21-14)10-15-4-5-17-8-16(9-18(17)7-15)13-27(24,25)20-3-2-6-26-20/h2-7,11,16,23H,8-10,12-13H2,1H3/t16-/m0/s1. The van der Waals surface area contributed by atoms with Crippen molar-refractivity contribution in [3.05, 3.63) is 70.7 Å². The van der Waals surface area contributed by atoms with E-state index in [1.165, 1.54) is 23.5 Å². The summed E-state index contributed by atoms with van der Waals surface area (Å²) in [5.74, 6) is 0.168. The van der Waals surface area contributed by atoms with Crippen molar-refractivity contribution in [3.8, 4) is 0 Å². The first-order valence-corrected chi connectivity index (χ1v) is 10.6. The summed E-state index contributed by atoms with van der Waals surface area (Å²) in [5, 5.41) is 13.8. The lowest BCUT2D eigenvalue weighted by Crippen LogP contribution is -2.16. The molecule has 1 aliphatic rings. The third-order valence-electron chi connectivity index (χ3n) is 5.11. The van der Waals surface area contributed by atoms with Crippen LogP contribution in [-0.2, 0) is 35.8 Å². The van der Waals surface area contributed by atoms with Crippen LogP contribution in [0, 0.1) is 12.8 Å². The normalized spacial score (nSPS) is 16.6. The second-order valence-corrected chi connectivity index (χ2v) is 9.15. The van der Waals surface area contributed by atoms with Gasteiger partial charge in [-0.15, -0.1) is 0 Å². The second kappa shape index (κ2) is 6.98. The summed E-state index contributed by atoms with van der Waals surface area (Å²) in [7, 11) is -3.39. The van der Waals surface area contributed by atoms with Crippen LogP contribution in [0.1, 0.15) is 27.9 Å². The monoisotopic (exact) mass is 386 g/mol. The van der Waals surface area contributed by atoms with Crippen molar-refractivity contribution in [2.24, 2.45) is 5.92 Å². The van der Waals surface area contributed by atoms with E-state index in [0.29, 0.717) is 6.54 Å². The number of aliphatic hydroxyl groups is 1. The van der Waals surface area contributed by atoms with Gasteiger partial charge in [-0.3, -0.25) is 4.68 Å². The molecule has 1 aliphatic carbocycles. The SMILES string of the molecule is Cc1nn(Cc2ccc3c(c2)C[C@@H](CS(=O)(=O)c2ccco2)C3)cc1CO. The van der Waals surface area contributed by atoms with Crippen molar-refractivity contribution >= 4 is 9.84 Å². The first kappa shape index (κ1) is 18.0. The van der Waals surface area contributed by atoms with Crippen molar-refractivity contribution < 1.29 is 17.9 Å². The molecule has 0 aliphatic heterocycles. The summed E-state index contributed by atoms with van der Waals surface area (Å²) in [4.78, 5) is 0. The Morgan fingerprint density at radius 2 is 2.07 bits per heavy atom. The van der Waals surface area contributed by atoms with E-state index < -0.39 is 9.84 Å². The predicted octanol–water partition coefficient (Wildman–Crippen LogP) is 2.51. The first-order chi connectivity index (χ1) is 12.9. The lowest BCUT2D eigenvalue weighted by atomic mass is 10.1. The van der Waals surface area contributed by atoms with Crippen molar-refractivity contribution in [1.82, 2.24) is 9.78 Å². The van der Waals surface area contributed by atoms with Gasteiger partial charge in [-0.25, -0.2) is 8.42 Å². The van der Waals surface area contributed by atoms with Gasteiger partial charge in [0.1, 0.15) is 0 Å². The van der Waals surface area contributed by atoms with Crippen LogP contribution in [0.5, 0.6) is 0 Å². The van der Waals surface area contributed by atoms with Crippen LogP contribution in [0.2, 0.25) is 0 Å². The number of rotatable bonds is 6. The maximum atomic E-state index is 12.4. The first-order valence-electron chi connectivity index (χ1n) is 8.95. The van der Waals surface area contributed by atoms with E-state index in [0.717, 1.165) is 29.7 Å². The van der Waals surface area contributed by atoms with Crippen molar-refractivity contribution in [1.29, 1.82) is 0 Å². The van der Waals surface area contributed by atoms with Crippen molar-refractivity contribution in [3.63, 3.8) is 0 Å². The number of sulfone groups is 1. The number of fused-ring (bicyclic) bond motifs is 1. The Kier molecular flexibility index (Phi) is 4.65. The zero-order valence-corrected chi connectivity index (χ0v) is 15.9. The Labute approximate surface area is 158 Å². The molecule has 7 heteroatoms. The minimum Gasteiger partial charge on any atom is -0.453 e. The van der Waals surface area contributed by atoms with Gasteiger partial charge in [0.25, 0.3) is 0 Å². The molecule has 0 spiro atoms. The minimum absolute atomic E-state index is 0.0121. The molecule has 1 N–H and O–H groups in total. The van der Waals surface area contributed by atoms with Gasteiger partial charge in [0.15, 0.2) is 0 Å². The summed E-state index contributed by atoms with van der Waals surface area (Å²) < 4.78 is 31.8. The Morgan fingerprint density at radius 1 is 1.26 bits per heavy atom. The van der Waals surface area contributed by atoms with Gasteiger partial charge >= 0.3 is 0 Å². The average molecular weight is 386 g/mol. The van der Waals surface area contributed by atoms with Gasteiger partial charge in [-0.2, -0.15) is 5.10 Å². The van der Waals surface area contributed by atoms with Crippen LogP contribution in [0.4, 0.5) is 0 Å². The Balaban J connectivity index is 1.47. The van der Waals surface area contributed by atoms with Gasteiger partial charge in [0.2, 0.25) is 14.9 Å². The molecular formula is C20H22N2O4S. The highest BCUT2D eigenvalue weighted by molar-refractivity contribution is 7.91. The smallest absolute Gasteiger partial charge is 0.217 e. The fourth-order valence-corrected chi connectivity index (χ4v) is 5.30. The van der Waals surface area contributed by atoms with Crippen LogP contribution in [0.3, 0.4) is 0 Å². The molecule has 0 radical (unpaired) electrons. The highest BCUT2D eigenvalue weighted by Gasteiger charge is 2.29. The summed E-state index contributed by atoms with van der Waals surface area (Å²) in [5.41, 5.74) is 5.21. The number of hydrogen-bond donors (Lipinski definition) is 1. The molecule has 1 aromatic carbocycles. The van der Waals surface area contributed by atoms with Gasteiger partial charge in [-0.1, -0.05) is 18.2 Å². The average Bonchev–Trinajstić information content (AvgIpc) is 3.33. The van der Waals surface area contributed by atoms with Crippen LogP contribution in [0.25, 0.3) is 0 Å². The highest BCUT2D eigenvalue weighted by atomic mass is 32.2. The fourth-order valence-electron chi connectivity index (χ4n) is 3.79. The van der Waals surface area contributed by atoms with Crippen molar-refractivity contribution in [2.45, 2.75) is 38.0 Å². The van der Waals surface area contributed by atoms with E-state index >= 15 is 0 Å². The molecule has 6 nitrogen and oxygen atoms in total. The predicted molar refractivity (Wildman–Crippen MR) is 100 cm³/mol. The molecule has 1 atom stereocenters. The minimum atomic E-state index is -3.39. The number of aromatic nitrogens is 2. The molecular weight excluding hydrogens is 364 g/mol. The maximum Gasteiger partial charge on any atom is 0.217 e. The molecule has 0 bridgehead atoms. The molecule has 0 saturated carbocycles. The third kappa shape index (κ3) is 3.70. The van der Waals surface area contributed by atoms with E-state index in [1.807, 2.05) is 17.8 Å². The van der Waals surface area contributed by atoms with Gasteiger partial charge in [0.05, 0.1) is 30.9 Å². The maximum absolute atomic E-state index is 12.4. The lowest BCUT2D eigenvalue weighted by molar-refractivity contribution is 0.281. The molecule has 2 heterocycles. The third-order valence-corrected chi connectivity index (χ3v) is 6.86. The molecule has 0 saturated heterocycles. The lowest BCUT2D eigenvalue weighted by Gasteiger charge is -2.07. The summed E-state index contributed by atoms with van der Waals surface area (Å²) in [6.45, 7) is 2.50. The zero-order chi connectivity index (χ0) is 19.0. The zero-order valence-electron chi connectivity index (χ0n) is 15.1. The molecule has 0 fully saturated rings. The molecule has 142 valence electrons. The van der Waals surface area contributed by atoms with Crippen molar-refractivity contribution in [2.75, 3.05) is 5.75 Å². The molecule has 27 heavy (non-hydrogen) atoms. The van der Waals surface area contributed by atoms with E-state index in [2.05, 4.69) is 23.3 Å². The Morgan fingerprint density at radius 3 is 2.78 bits per heavy atom. The van der Waals surface area contributed by atoms with E-state index in [4.69, 9.17) is 4.42 Å². The van der Waals surface area contributed by atoms with Gasteiger partial charge in [0, 0.05) is 11.8 Å². The largest absolute Gasteiger partial charge is 0.453 e. The van der Waals surface area contributed by atoms with Crippen LogP contribution in [-0.4, -0.2) is 29.1 Å². The van der Waals surface area contributed by atoms with Crippen LogP contribution in [0.15, 0.2) is 52.3 Å². The molecule has 0 unspecified atom stereocenters. The van der Waals surface area contributed by atoms with Crippen LogP contribution >= 0.6 is 0 Å².